The van der Waals surface area contributed by atoms with Gasteiger partial charge in [0.25, 0.3) is 0 Å². The first-order valence-electron chi connectivity index (χ1n) is 9.55. The van der Waals surface area contributed by atoms with Crippen LogP contribution >= 0.6 is 0 Å². The van der Waals surface area contributed by atoms with Gasteiger partial charge < -0.3 is 9.30 Å². The molecule has 2 aromatic carbocycles. The van der Waals surface area contributed by atoms with Gasteiger partial charge in [0.15, 0.2) is 0 Å². The van der Waals surface area contributed by atoms with E-state index in [1.54, 1.807) is 33.2 Å². The Balaban J connectivity index is 2.19. The molecule has 0 amide bonds. The summed E-state index contributed by atoms with van der Waals surface area (Å²) in [5, 5.41) is 10.8. The van der Waals surface area contributed by atoms with Crippen LogP contribution in [-0.4, -0.2) is 32.9 Å². The number of nitriles is 1. The predicted octanol–water partition coefficient (Wildman–Crippen LogP) is 4.38. The van der Waals surface area contributed by atoms with Crippen molar-refractivity contribution in [1.29, 1.82) is 5.26 Å². The van der Waals surface area contributed by atoms with Gasteiger partial charge in [-0.3, -0.25) is 4.31 Å². The summed E-state index contributed by atoms with van der Waals surface area (Å²) >= 11 is 0. The minimum atomic E-state index is -3.32. The van der Waals surface area contributed by atoms with Crippen molar-refractivity contribution in [1.82, 2.24) is 4.57 Å². The molecule has 0 fully saturated rings. The molecule has 6 nitrogen and oxygen atoms in total. The summed E-state index contributed by atoms with van der Waals surface area (Å²) < 4.78 is 33.1. The molecule has 7 heteroatoms. The highest BCUT2D eigenvalue weighted by Gasteiger charge is 2.20. The van der Waals surface area contributed by atoms with Gasteiger partial charge in [0.2, 0.25) is 10.0 Å². The lowest BCUT2D eigenvalue weighted by molar-refractivity contribution is 0.415. The number of anilines is 1. The third kappa shape index (κ3) is 3.68. The van der Waals surface area contributed by atoms with E-state index in [9.17, 15) is 13.7 Å². The molecule has 0 saturated heterocycles. The van der Waals surface area contributed by atoms with Gasteiger partial charge in [-0.05, 0) is 43.2 Å². The Bertz CT molecular complexity index is 1170. The minimum Gasteiger partial charge on any atom is -0.497 e. The zero-order chi connectivity index (χ0) is 21.2. The number of ether oxygens (including phenoxy) is 1. The predicted molar refractivity (Wildman–Crippen MR) is 117 cm³/mol. The fourth-order valence-corrected chi connectivity index (χ4v) is 4.34. The number of sulfonamides is 1. The molecule has 0 radical (unpaired) electrons. The fourth-order valence-electron chi connectivity index (χ4n) is 3.51. The minimum absolute atomic E-state index is 0.0381. The van der Waals surface area contributed by atoms with Gasteiger partial charge in [-0.2, -0.15) is 5.26 Å². The average Bonchev–Trinajstić information content (AvgIpc) is 3.06. The molecule has 0 N–H and O–H groups in total. The molecule has 0 unspecified atom stereocenters. The number of hydrogen-bond donors (Lipinski definition) is 0. The SMILES string of the molecule is CCCn1c(-c2ccc(N(C)S(=O)(=O)CC)cc2)c(C#N)c2ccc(OC)cc21. The van der Waals surface area contributed by atoms with Crippen molar-refractivity contribution in [2.24, 2.45) is 0 Å². The van der Waals surface area contributed by atoms with E-state index >= 15 is 0 Å². The van der Waals surface area contributed by atoms with Gasteiger partial charge in [0.1, 0.15) is 11.8 Å². The molecule has 0 spiro atoms. The number of rotatable bonds is 7. The van der Waals surface area contributed by atoms with E-state index in [-0.39, 0.29) is 5.75 Å². The van der Waals surface area contributed by atoms with Crippen molar-refractivity contribution >= 4 is 26.6 Å². The maximum absolute atomic E-state index is 12.1. The second-order valence-corrected chi connectivity index (χ2v) is 9.07. The molecule has 0 aliphatic rings. The molecule has 3 aromatic rings. The van der Waals surface area contributed by atoms with Crippen LogP contribution < -0.4 is 9.04 Å². The molecule has 29 heavy (non-hydrogen) atoms. The zero-order valence-corrected chi connectivity index (χ0v) is 18.0. The van der Waals surface area contributed by atoms with Gasteiger partial charge >= 0.3 is 0 Å². The first kappa shape index (κ1) is 20.7. The molecule has 1 heterocycles. The van der Waals surface area contributed by atoms with E-state index in [4.69, 9.17) is 4.74 Å². The standard InChI is InChI=1S/C22H25N3O3S/c1-5-13-25-21-14-18(28-4)11-12-19(21)20(15-23)22(25)16-7-9-17(10-8-16)24(3)29(26,27)6-2/h7-12,14H,5-6,13H2,1-4H3. The lowest BCUT2D eigenvalue weighted by Crippen LogP contribution is -2.27. The number of hydrogen-bond acceptors (Lipinski definition) is 4. The van der Waals surface area contributed by atoms with Gasteiger partial charge in [0.05, 0.1) is 35.3 Å². The first-order valence-corrected chi connectivity index (χ1v) is 11.2. The quantitative estimate of drug-likeness (QED) is 0.578. The second-order valence-electron chi connectivity index (χ2n) is 6.79. The molecule has 0 aliphatic carbocycles. The number of aromatic nitrogens is 1. The Hall–Kier alpha value is -2.98. The second kappa shape index (κ2) is 8.18. The van der Waals surface area contributed by atoms with Gasteiger partial charge in [-0.1, -0.05) is 19.1 Å². The summed E-state index contributed by atoms with van der Waals surface area (Å²) in [6.45, 7) is 4.47. The Morgan fingerprint density at radius 2 is 1.83 bits per heavy atom. The van der Waals surface area contributed by atoms with Crippen LogP contribution in [0, 0.1) is 11.3 Å². The summed E-state index contributed by atoms with van der Waals surface area (Å²) in [5.74, 6) is 0.779. The molecule has 0 atom stereocenters. The van der Waals surface area contributed by atoms with E-state index in [0.29, 0.717) is 11.3 Å². The van der Waals surface area contributed by atoms with E-state index < -0.39 is 10.0 Å². The van der Waals surface area contributed by atoms with E-state index in [2.05, 4.69) is 17.6 Å². The van der Waals surface area contributed by atoms with Crippen molar-refractivity contribution in [3.05, 3.63) is 48.0 Å². The van der Waals surface area contributed by atoms with Crippen LogP contribution in [0.2, 0.25) is 0 Å². The number of benzene rings is 2. The Morgan fingerprint density at radius 1 is 1.14 bits per heavy atom. The topological polar surface area (TPSA) is 75.3 Å². The molecule has 3 rings (SSSR count). The third-order valence-corrected chi connectivity index (χ3v) is 6.89. The molecule has 0 aliphatic heterocycles. The van der Waals surface area contributed by atoms with Crippen LogP contribution in [-0.2, 0) is 16.6 Å². The molecule has 1 aromatic heterocycles. The monoisotopic (exact) mass is 411 g/mol. The van der Waals surface area contributed by atoms with Crippen molar-refractivity contribution < 1.29 is 13.2 Å². The lowest BCUT2D eigenvalue weighted by Gasteiger charge is -2.19. The van der Waals surface area contributed by atoms with Crippen LogP contribution in [0.25, 0.3) is 22.2 Å². The lowest BCUT2D eigenvalue weighted by atomic mass is 10.1. The van der Waals surface area contributed by atoms with Crippen LogP contribution in [0.15, 0.2) is 42.5 Å². The Labute approximate surface area is 172 Å². The molecular formula is C22H25N3O3S. The molecule has 0 saturated carbocycles. The van der Waals surface area contributed by atoms with Crippen molar-refractivity contribution in [3.8, 4) is 23.1 Å². The van der Waals surface area contributed by atoms with Gasteiger partial charge in [-0.15, -0.1) is 0 Å². The van der Waals surface area contributed by atoms with E-state index in [1.807, 2.05) is 30.3 Å². The average molecular weight is 412 g/mol. The highest BCUT2D eigenvalue weighted by Crippen LogP contribution is 2.36. The third-order valence-electron chi connectivity index (χ3n) is 5.12. The molecular weight excluding hydrogens is 386 g/mol. The van der Waals surface area contributed by atoms with E-state index in [1.165, 1.54) is 4.31 Å². The zero-order valence-electron chi connectivity index (χ0n) is 17.1. The highest BCUT2D eigenvalue weighted by atomic mass is 32.2. The maximum atomic E-state index is 12.1. The Kier molecular flexibility index (Phi) is 5.85. The highest BCUT2D eigenvalue weighted by molar-refractivity contribution is 7.92. The van der Waals surface area contributed by atoms with Gasteiger partial charge in [0, 0.05) is 25.0 Å². The number of methoxy groups -OCH3 is 1. The molecule has 0 bridgehead atoms. The number of nitrogens with zero attached hydrogens (tertiary/aromatic N) is 3. The summed E-state index contributed by atoms with van der Waals surface area (Å²) in [6, 6.07) is 15.4. The number of fused-ring (bicyclic) bond motifs is 1. The van der Waals surface area contributed by atoms with E-state index in [0.717, 1.165) is 40.9 Å². The normalized spacial score (nSPS) is 11.4. The van der Waals surface area contributed by atoms with Crippen LogP contribution in [0.1, 0.15) is 25.8 Å². The summed E-state index contributed by atoms with van der Waals surface area (Å²) in [6.07, 6.45) is 0.911. The van der Waals surface area contributed by atoms with Crippen molar-refractivity contribution in [2.75, 3.05) is 24.2 Å². The summed E-state index contributed by atoms with van der Waals surface area (Å²) in [5.41, 5.74) is 3.86. The number of aryl methyl sites for hydroxylation is 1. The molecule has 152 valence electrons. The summed E-state index contributed by atoms with van der Waals surface area (Å²) in [7, 11) is -0.149. The largest absolute Gasteiger partial charge is 0.497 e. The van der Waals surface area contributed by atoms with Crippen LogP contribution in [0.5, 0.6) is 5.75 Å². The smallest absolute Gasteiger partial charge is 0.234 e. The maximum Gasteiger partial charge on any atom is 0.234 e. The van der Waals surface area contributed by atoms with Gasteiger partial charge in [-0.25, -0.2) is 8.42 Å². The Morgan fingerprint density at radius 3 is 2.38 bits per heavy atom. The summed E-state index contributed by atoms with van der Waals surface area (Å²) in [4.78, 5) is 0. The fraction of sp³-hybridized carbons (Fsp3) is 0.318. The van der Waals surface area contributed by atoms with Crippen molar-refractivity contribution in [2.45, 2.75) is 26.8 Å². The first-order chi connectivity index (χ1) is 13.9. The van der Waals surface area contributed by atoms with Crippen LogP contribution in [0.4, 0.5) is 5.69 Å². The van der Waals surface area contributed by atoms with Crippen molar-refractivity contribution in [3.63, 3.8) is 0 Å². The van der Waals surface area contributed by atoms with Crippen LogP contribution in [0.3, 0.4) is 0 Å².